The lowest BCUT2D eigenvalue weighted by Gasteiger charge is -2.12. The Balaban J connectivity index is 0.000000458. The van der Waals surface area contributed by atoms with Crippen LogP contribution in [0.2, 0.25) is 0 Å². The molecule has 0 aliphatic rings. The number of aryl methyl sites for hydroxylation is 1. The third-order valence-electron chi connectivity index (χ3n) is 3.03. The minimum absolute atomic E-state index is 0.219. The Hall–Kier alpha value is -2.31. The molecule has 0 radical (unpaired) electrons. The Labute approximate surface area is 153 Å². The quantitative estimate of drug-likeness (QED) is 0.704. The first-order valence-electron chi connectivity index (χ1n) is 8.35. The van der Waals surface area contributed by atoms with Crippen LogP contribution in [0.1, 0.15) is 44.7 Å². The second-order valence-corrected chi connectivity index (χ2v) is 5.24. The first-order valence-corrected chi connectivity index (χ1v) is 8.35. The molecule has 0 spiro atoms. The Kier molecular flexibility index (Phi) is 11.8. The first kappa shape index (κ1) is 23.7. The van der Waals surface area contributed by atoms with Crippen LogP contribution in [0, 0.1) is 12.7 Å². The van der Waals surface area contributed by atoms with Crippen molar-refractivity contribution in [1.82, 2.24) is 9.97 Å². The molecule has 0 aromatic carbocycles. The normalized spacial score (nSPS) is 9.81. The van der Waals surface area contributed by atoms with Crippen LogP contribution in [0.5, 0.6) is 11.5 Å². The van der Waals surface area contributed by atoms with E-state index in [4.69, 9.17) is 9.47 Å². The summed E-state index contributed by atoms with van der Waals surface area (Å²) in [6.07, 6.45) is 3.43. The van der Waals surface area contributed by atoms with E-state index in [1.165, 1.54) is 13.3 Å². The molecule has 2 aromatic heterocycles. The predicted molar refractivity (Wildman–Crippen MR) is 96.7 cm³/mol. The van der Waals surface area contributed by atoms with Gasteiger partial charge in [-0.3, -0.25) is 9.97 Å². The number of hydrogen-bond acceptors (Lipinski definition) is 4. The first-order chi connectivity index (χ1) is 12.4. The highest BCUT2D eigenvalue weighted by Gasteiger charge is 2.10. The van der Waals surface area contributed by atoms with Gasteiger partial charge in [0.15, 0.2) is 11.6 Å². The summed E-state index contributed by atoms with van der Waals surface area (Å²) >= 11 is 0. The minimum Gasteiger partial charge on any atom is -0.493 e. The van der Waals surface area contributed by atoms with E-state index >= 15 is 0 Å². The van der Waals surface area contributed by atoms with Crippen molar-refractivity contribution in [3.05, 3.63) is 47.8 Å². The molecule has 0 N–H and O–H groups in total. The lowest BCUT2D eigenvalue weighted by atomic mass is 10.1. The Bertz CT molecular complexity index is 618. The van der Waals surface area contributed by atoms with E-state index < -0.39 is 18.8 Å². The van der Waals surface area contributed by atoms with Gasteiger partial charge in [0.05, 0.1) is 13.3 Å². The van der Waals surface area contributed by atoms with E-state index in [2.05, 4.69) is 9.97 Å². The molecule has 146 valence electrons. The molecule has 0 amide bonds. The number of hydrogen-bond donors (Lipinski definition) is 0. The third kappa shape index (κ3) is 8.18. The number of nitrogens with zero attached hydrogens (tertiary/aromatic N) is 2. The maximum absolute atomic E-state index is 12.7. The number of pyridine rings is 2. The second-order valence-electron chi connectivity index (χ2n) is 5.24. The number of methoxy groups -OCH3 is 1. The lowest BCUT2D eigenvalue weighted by Crippen LogP contribution is -2.08. The van der Waals surface area contributed by atoms with Gasteiger partial charge in [-0.25, -0.2) is 13.2 Å². The molecule has 2 heterocycles. The van der Waals surface area contributed by atoms with Crippen molar-refractivity contribution in [3.8, 4) is 11.5 Å². The van der Waals surface area contributed by atoms with E-state index in [0.29, 0.717) is 11.3 Å². The third-order valence-corrected chi connectivity index (χ3v) is 3.03. The van der Waals surface area contributed by atoms with E-state index in [-0.39, 0.29) is 11.7 Å². The minimum atomic E-state index is -2.44. The number of halogens is 3. The number of aromatic nitrogens is 2. The van der Waals surface area contributed by atoms with Crippen molar-refractivity contribution in [2.75, 3.05) is 13.7 Å². The van der Waals surface area contributed by atoms with Crippen LogP contribution in [0.15, 0.2) is 30.9 Å². The van der Waals surface area contributed by atoms with Crippen LogP contribution in [-0.4, -0.2) is 30.1 Å². The van der Waals surface area contributed by atoms with Gasteiger partial charge in [-0.05, 0) is 18.9 Å². The molecule has 0 bridgehead atoms. The molecule has 26 heavy (non-hydrogen) atoms. The van der Waals surface area contributed by atoms with Crippen molar-refractivity contribution in [3.63, 3.8) is 0 Å². The van der Waals surface area contributed by atoms with Crippen molar-refractivity contribution in [1.29, 1.82) is 0 Å². The summed E-state index contributed by atoms with van der Waals surface area (Å²) in [5.74, 6) is 0.573. The highest BCUT2D eigenvalue weighted by molar-refractivity contribution is 5.32. The van der Waals surface area contributed by atoms with Gasteiger partial charge in [0, 0.05) is 29.7 Å². The zero-order valence-corrected chi connectivity index (χ0v) is 16.1. The number of alkyl halides is 2. The second kappa shape index (κ2) is 13.0. The largest absolute Gasteiger partial charge is 0.493 e. The summed E-state index contributed by atoms with van der Waals surface area (Å²) in [6.45, 7) is 9.11. The standard InChI is InChI=1S/C10H13F2NO.C7H8FNO.C2H6/c1-7(2)8-5-13-4-3-9(8)14-6-10(11)12;1-5-3-9-4-6(8)7(5)10-2;1-2/h3-5,7,10H,6H2,1-2H3;3-4H,1-2H3;1-2H3. The molecule has 2 aromatic rings. The highest BCUT2D eigenvalue weighted by Crippen LogP contribution is 2.25. The molecular weight excluding hydrogens is 345 g/mol. The average Bonchev–Trinajstić information content (AvgIpc) is 2.62. The summed E-state index contributed by atoms with van der Waals surface area (Å²) in [5, 5.41) is 0. The van der Waals surface area contributed by atoms with Crippen molar-refractivity contribution in [2.45, 2.75) is 47.0 Å². The number of rotatable bonds is 5. The Morgan fingerprint density at radius 2 is 1.73 bits per heavy atom. The number of ether oxygens (including phenoxy) is 2. The topological polar surface area (TPSA) is 44.2 Å². The molecule has 0 atom stereocenters. The van der Waals surface area contributed by atoms with Crippen molar-refractivity contribution in [2.24, 2.45) is 0 Å². The zero-order valence-electron chi connectivity index (χ0n) is 16.1. The van der Waals surface area contributed by atoms with Gasteiger partial charge >= 0.3 is 0 Å². The van der Waals surface area contributed by atoms with Gasteiger partial charge in [0.2, 0.25) is 0 Å². The van der Waals surface area contributed by atoms with Crippen LogP contribution < -0.4 is 9.47 Å². The molecule has 4 nitrogen and oxygen atoms in total. The molecule has 7 heteroatoms. The predicted octanol–water partition coefficient (Wildman–Crippen LogP) is 5.41. The highest BCUT2D eigenvalue weighted by atomic mass is 19.3. The van der Waals surface area contributed by atoms with Crippen LogP contribution in [0.3, 0.4) is 0 Å². The van der Waals surface area contributed by atoms with Crippen LogP contribution in [0.4, 0.5) is 13.2 Å². The van der Waals surface area contributed by atoms with E-state index in [9.17, 15) is 13.2 Å². The molecule has 0 fully saturated rings. The maximum atomic E-state index is 12.7. The summed E-state index contributed by atoms with van der Waals surface area (Å²) in [6, 6.07) is 1.61. The van der Waals surface area contributed by atoms with Gasteiger partial charge in [-0.2, -0.15) is 0 Å². The molecule has 2 rings (SSSR count). The lowest BCUT2D eigenvalue weighted by molar-refractivity contribution is 0.0812. The summed E-state index contributed by atoms with van der Waals surface area (Å²) in [7, 11) is 1.44. The fraction of sp³-hybridized carbons (Fsp3) is 0.474. The maximum Gasteiger partial charge on any atom is 0.272 e. The summed E-state index contributed by atoms with van der Waals surface area (Å²) < 4.78 is 46.2. The van der Waals surface area contributed by atoms with Gasteiger partial charge in [-0.1, -0.05) is 27.7 Å². The van der Waals surface area contributed by atoms with Gasteiger partial charge in [-0.15, -0.1) is 0 Å². The SMILES string of the molecule is CC.CC(C)c1cnccc1OCC(F)F.COc1c(C)cncc1F. The molecule has 0 unspecified atom stereocenters. The van der Waals surface area contributed by atoms with Gasteiger partial charge in [0.1, 0.15) is 12.4 Å². The Morgan fingerprint density at radius 3 is 2.19 bits per heavy atom. The summed E-state index contributed by atoms with van der Waals surface area (Å²) in [5.41, 5.74) is 1.57. The fourth-order valence-electron chi connectivity index (χ4n) is 1.89. The van der Waals surface area contributed by atoms with Gasteiger partial charge < -0.3 is 9.47 Å². The monoisotopic (exact) mass is 372 g/mol. The van der Waals surface area contributed by atoms with E-state index in [0.717, 1.165) is 11.8 Å². The zero-order chi connectivity index (χ0) is 20.1. The van der Waals surface area contributed by atoms with E-state index in [1.54, 1.807) is 25.4 Å². The summed E-state index contributed by atoms with van der Waals surface area (Å²) in [4.78, 5) is 7.56. The van der Waals surface area contributed by atoms with Crippen LogP contribution in [-0.2, 0) is 0 Å². The smallest absolute Gasteiger partial charge is 0.272 e. The van der Waals surface area contributed by atoms with Crippen molar-refractivity contribution >= 4 is 0 Å². The average molecular weight is 372 g/mol. The van der Waals surface area contributed by atoms with Crippen LogP contribution in [0.25, 0.3) is 0 Å². The molecule has 0 aliphatic heterocycles. The molecule has 0 saturated heterocycles. The van der Waals surface area contributed by atoms with Gasteiger partial charge in [0.25, 0.3) is 6.43 Å². The van der Waals surface area contributed by atoms with Crippen LogP contribution >= 0.6 is 0 Å². The van der Waals surface area contributed by atoms with Crippen molar-refractivity contribution < 1.29 is 22.6 Å². The van der Waals surface area contributed by atoms with E-state index in [1.807, 2.05) is 27.7 Å². The molecular formula is C19H27F3N2O2. The fourth-order valence-corrected chi connectivity index (χ4v) is 1.89. The molecule has 0 saturated carbocycles. The molecule has 0 aliphatic carbocycles. The Morgan fingerprint density at radius 1 is 1.08 bits per heavy atom.